The summed E-state index contributed by atoms with van der Waals surface area (Å²) in [7, 11) is 0. The van der Waals surface area contributed by atoms with Crippen molar-refractivity contribution in [2.45, 2.75) is 6.18 Å². The van der Waals surface area contributed by atoms with Crippen LogP contribution in [-0.2, 0) is 6.18 Å². The van der Waals surface area contributed by atoms with Gasteiger partial charge in [0.1, 0.15) is 0 Å². The summed E-state index contributed by atoms with van der Waals surface area (Å²) < 4.78 is 37.1. The quantitative estimate of drug-likeness (QED) is 0.889. The van der Waals surface area contributed by atoms with Crippen LogP contribution in [0.4, 0.5) is 29.6 Å². The molecule has 5 nitrogen and oxygen atoms in total. The number of rotatable bonds is 2. The van der Waals surface area contributed by atoms with Gasteiger partial charge in [-0.2, -0.15) is 13.2 Å². The molecule has 20 heavy (non-hydrogen) atoms. The van der Waals surface area contributed by atoms with Gasteiger partial charge in [0, 0.05) is 18.1 Å². The van der Waals surface area contributed by atoms with Gasteiger partial charge in [-0.1, -0.05) is 0 Å². The van der Waals surface area contributed by atoms with E-state index in [2.05, 4.69) is 20.6 Å². The molecule has 0 aliphatic carbocycles. The van der Waals surface area contributed by atoms with Crippen molar-refractivity contribution in [1.82, 2.24) is 9.97 Å². The summed E-state index contributed by atoms with van der Waals surface area (Å²) >= 11 is 0. The number of nitrogens with one attached hydrogen (secondary N) is 2. The Morgan fingerprint density at radius 1 is 1.00 bits per heavy atom. The standard InChI is InChI=1S/C12H9F3N4O/c13-12(14,15)8-2-4-9(5-3-8)18-11(20)19-10-16-6-1-7-17-10/h1-7H,(H2,16,17,18,19,20). The molecule has 1 aromatic carbocycles. The molecule has 2 N–H and O–H groups in total. The zero-order chi connectivity index (χ0) is 14.6. The number of halogens is 3. The molecular formula is C12H9F3N4O. The first-order valence-corrected chi connectivity index (χ1v) is 5.47. The van der Waals surface area contributed by atoms with Crippen molar-refractivity contribution >= 4 is 17.7 Å². The summed E-state index contributed by atoms with van der Waals surface area (Å²) in [6, 6.07) is 5.03. The average Bonchev–Trinajstić information content (AvgIpc) is 2.39. The fraction of sp³-hybridized carbons (Fsp3) is 0.0833. The summed E-state index contributed by atoms with van der Waals surface area (Å²) in [5, 5.41) is 4.71. The van der Waals surface area contributed by atoms with Crippen molar-refractivity contribution in [1.29, 1.82) is 0 Å². The van der Waals surface area contributed by atoms with Crippen LogP contribution < -0.4 is 10.6 Å². The Hall–Kier alpha value is -2.64. The van der Waals surface area contributed by atoms with Gasteiger partial charge in [-0.15, -0.1) is 0 Å². The van der Waals surface area contributed by atoms with Crippen molar-refractivity contribution in [2.75, 3.05) is 10.6 Å². The fourth-order valence-electron chi connectivity index (χ4n) is 1.37. The maximum atomic E-state index is 12.4. The van der Waals surface area contributed by atoms with Crippen LogP contribution in [0.15, 0.2) is 42.7 Å². The van der Waals surface area contributed by atoms with Crippen LogP contribution in [-0.4, -0.2) is 16.0 Å². The van der Waals surface area contributed by atoms with Crippen LogP contribution in [0.2, 0.25) is 0 Å². The first-order chi connectivity index (χ1) is 9.45. The molecule has 2 amide bonds. The van der Waals surface area contributed by atoms with Crippen molar-refractivity contribution in [2.24, 2.45) is 0 Å². The van der Waals surface area contributed by atoms with Gasteiger partial charge < -0.3 is 5.32 Å². The Bertz CT molecular complexity index is 584. The van der Waals surface area contributed by atoms with E-state index in [1.54, 1.807) is 6.07 Å². The van der Waals surface area contributed by atoms with Crippen LogP contribution in [0.5, 0.6) is 0 Å². The molecule has 0 aliphatic heterocycles. The molecule has 1 heterocycles. The van der Waals surface area contributed by atoms with Crippen molar-refractivity contribution in [3.8, 4) is 0 Å². The van der Waals surface area contributed by atoms with Crippen LogP contribution >= 0.6 is 0 Å². The van der Waals surface area contributed by atoms with Crippen molar-refractivity contribution < 1.29 is 18.0 Å². The summed E-state index contributed by atoms with van der Waals surface area (Å²) in [5.74, 6) is 0.0944. The molecule has 104 valence electrons. The number of urea groups is 1. The van der Waals surface area contributed by atoms with Gasteiger partial charge in [0.15, 0.2) is 0 Å². The van der Waals surface area contributed by atoms with E-state index in [-0.39, 0.29) is 11.6 Å². The molecule has 0 atom stereocenters. The lowest BCUT2D eigenvalue weighted by Gasteiger charge is -2.09. The zero-order valence-corrected chi connectivity index (χ0v) is 9.98. The predicted molar refractivity (Wildman–Crippen MR) is 66.1 cm³/mol. The number of aromatic nitrogens is 2. The number of hydrogen-bond donors (Lipinski definition) is 2. The zero-order valence-electron chi connectivity index (χ0n) is 9.98. The smallest absolute Gasteiger partial charge is 0.308 e. The highest BCUT2D eigenvalue weighted by atomic mass is 19.4. The van der Waals surface area contributed by atoms with E-state index < -0.39 is 17.8 Å². The third-order valence-corrected chi connectivity index (χ3v) is 2.26. The number of benzene rings is 1. The monoisotopic (exact) mass is 282 g/mol. The van der Waals surface area contributed by atoms with E-state index in [9.17, 15) is 18.0 Å². The molecule has 0 bridgehead atoms. The minimum absolute atomic E-state index is 0.0944. The number of nitrogens with zero attached hydrogens (tertiary/aromatic N) is 2. The maximum absolute atomic E-state index is 12.4. The number of anilines is 2. The van der Waals surface area contributed by atoms with Gasteiger partial charge in [0.05, 0.1) is 5.56 Å². The van der Waals surface area contributed by atoms with E-state index in [0.29, 0.717) is 0 Å². The molecule has 2 rings (SSSR count). The Balaban J connectivity index is 1.98. The van der Waals surface area contributed by atoms with Crippen LogP contribution in [0, 0.1) is 0 Å². The number of hydrogen-bond acceptors (Lipinski definition) is 3. The second-order valence-electron chi connectivity index (χ2n) is 3.73. The summed E-state index contributed by atoms with van der Waals surface area (Å²) in [6.45, 7) is 0. The first-order valence-electron chi connectivity index (χ1n) is 5.47. The number of amides is 2. The van der Waals surface area contributed by atoms with E-state index >= 15 is 0 Å². The highest BCUT2D eigenvalue weighted by Gasteiger charge is 2.29. The molecule has 0 unspecified atom stereocenters. The molecule has 8 heteroatoms. The number of carbonyl (C=O) groups is 1. The molecule has 0 saturated carbocycles. The lowest BCUT2D eigenvalue weighted by molar-refractivity contribution is -0.137. The summed E-state index contributed by atoms with van der Waals surface area (Å²) in [6.07, 6.45) is -1.51. The normalized spacial score (nSPS) is 10.9. The minimum Gasteiger partial charge on any atom is -0.308 e. The van der Waals surface area contributed by atoms with Crippen LogP contribution in [0.25, 0.3) is 0 Å². The Labute approximate surface area is 111 Å². The Morgan fingerprint density at radius 3 is 2.15 bits per heavy atom. The van der Waals surface area contributed by atoms with Gasteiger partial charge in [-0.3, -0.25) is 5.32 Å². The van der Waals surface area contributed by atoms with E-state index in [1.807, 2.05) is 0 Å². The third kappa shape index (κ3) is 3.67. The largest absolute Gasteiger partial charge is 0.416 e. The van der Waals surface area contributed by atoms with Crippen molar-refractivity contribution in [3.63, 3.8) is 0 Å². The first kappa shape index (κ1) is 13.8. The van der Waals surface area contributed by atoms with Crippen molar-refractivity contribution in [3.05, 3.63) is 48.3 Å². The van der Waals surface area contributed by atoms with E-state index in [0.717, 1.165) is 24.3 Å². The molecular weight excluding hydrogens is 273 g/mol. The molecule has 2 aromatic rings. The fourth-order valence-corrected chi connectivity index (χ4v) is 1.37. The number of carbonyl (C=O) groups excluding carboxylic acids is 1. The molecule has 0 spiro atoms. The van der Waals surface area contributed by atoms with Gasteiger partial charge in [-0.25, -0.2) is 14.8 Å². The topological polar surface area (TPSA) is 66.9 Å². The van der Waals surface area contributed by atoms with Gasteiger partial charge in [-0.05, 0) is 30.3 Å². The van der Waals surface area contributed by atoms with Gasteiger partial charge in [0.25, 0.3) is 0 Å². The van der Waals surface area contributed by atoms with Crippen LogP contribution in [0.3, 0.4) is 0 Å². The van der Waals surface area contributed by atoms with Gasteiger partial charge >= 0.3 is 12.2 Å². The highest BCUT2D eigenvalue weighted by molar-refractivity contribution is 5.98. The third-order valence-electron chi connectivity index (χ3n) is 2.26. The molecule has 0 aliphatic rings. The SMILES string of the molecule is O=C(Nc1ccc(C(F)(F)F)cc1)Nc1ncccn1. The van der Waals surface area contributed by atoms with Crippen LogP contribution in [0.1, 0.15) is 5.56 Å². The maximum Gasteiger partial charge on any atom is 0.416 e. The summed E-state index contributed by atoms with van der Waals surface area (Å²) in [4.78, 5) is 19.1. The molecule has 0 saturated heterocycles. The number of alkyl halides is 3. The van der Waals surface area contributed by atoms with Gasteiger partial charge in [0.2, 0.25) is 5.95 Å². The lowest BCUT2D eigenvalue weighted by Crippen LogP contribution is -2.20. The Morgan fingerprint density at radius 2 is 1.60 bits per heavy atom. The Kier molecular flexibility index (Phi) is 3.83. The van der Waals surface area contributed by atoms with E-state index in [1.165, 1.54) is 12.4 Å². The molecule has 1 aromatic heterocycles. The lowest BCUT2D eigenvalue weighted by atomic mass is 10.2. The molecule has 0 radical (unpaired) electrons. The average molecular weight is 282 g/mol. The minimum atomic E-state index is -4.40. The van der Waals surface area contributed by atoms with E-state index in [4.69, 9.17) is 0 Å². The summed E-state index contributed by atoms with van der Waals surface area (Å²) in [5.41, 5.74) is -0.554. The second-order valence-corrected chi connectivity index (χ2v) is 3.73. The predicted octanol–water partition coefficient (Wildman–Crippen LogP) is 3.14. The highest BCUT2D eigenvalue weighted by Crippen LogP contribution is 2.29. The second kappa shape index (κ2) is 5.55. The molecule has 0 fully saturated rings.